The zero-order valence-corrected chi connectivity index (χ0v) is 14.7. The predicted molar refractivity (Wildman–Crippen MR) is 94.8 cm³/mol. The SMILES string of the molecule is Cl.Cn1nc(C(=O)N2CCNCC2c2cccc(Cl)c2)ccc1=O. The number of aryl methyl sites for hydroxylation is 1. The zero-order chi connectivity index (χ0) is 16.4. The van der Waals surface area contributed by atoms with Crippen LogP contribution in [0.4, 0.5) is 0 Å². The van der Waals surface area contributed by atoms with E-state index in [-0.39, 0.29) is 35.6 Å². The first kappa shape index (κ1) is 18.4. The molecule has 1 aromatic carbocycles. The van der Waals surface area contributed by atoms with Crippen LogP contribution in [0.15, 0.2) is 41.2 Å². The maximum Gasteiger partial charge on any atom is 0.274 e. The van der Waals surface area contributed by atoms with Gasteiger partial charge in [0, 0.05) is 37.8 Å². The van der Waals surface area contributed by atoms with Gasteiger partial charge < -0.3 is 10.2 Å². The number of carbonyl (C=O) groups excluding carboxylic acids is 1. The van der Waals surface area contributed by atoms with Gasteiger partial charge in [-0.15, -0.1) is 12.4 Å². The summed E-state index contributed by atoms with van der Waals surface area (Å²) in [6, 6.07) is 10.2. The van der Waals surface area contributed by atoms with Crippen LogP contribution < -0.4 is 10.9 Å². The largest absolute Gasteiger partial charge is 0.328 e. The first-order valence-corrected chi connectivity index (χ1v) is 7.75. The zero-order valence-electron chi connectivity index (χ0n) is 13.1. The molecule has 0 saturated carbocycles. The van der Waals surface area contributed by atoms with Crippen LogP contribution in [0.5, 0.6) is 0 Å². The molecule has 1 aliphatic heterocycles. The Morgan fingerprint density at radius 1 is 1.33 bits per heavy atom. The van der Waals surface area contributed by atoms with E-state index in [9.17, 15) is 9.59 Å². The Bertz CT molecular complexity index is 794. The molecule has 128 valence electrons. The third-order valence-corrected chi connectivity index (χ3v) is 4.15. The second-order valence-electron chi connectivity index (χ2n) is 5.45. The van der Waals surface area contributed by atoms with Gasteiger partial charge in [-0.1, -0.05) is 23.7 Å². The molecule has 1 aromatic heterocycles. The van der Waals surface area contributed by atoms with Crippen molar-refractivity contribution < 1.29 is 4.79 Å². The van der Waals surface area contributed by atoms with Gasteiger partial charge in [0.05, 0.1) is 6.04 Å². The number of benzene rings is 1. The van der Waals surface area contributed by atoms with Gasteiger partial charge in [-0.2, -0.15) is 5.10 Å². The highest BCUT2D eigenvalue weighted by Gasteiger charge is 2.29. The maximum absolute atomic E-state index is 12.8. The van der Waals surface area contributed by atoms with E-state index < -0.39 is 0 Å². The molecule has 1 atom stereocenters. The smallest absolute Gasteiger partial charge is 0.274 e. The highest BCUT2D eigenvalue weighted by molar-refractivity contribution is 6.30. The number of amides is 1. The van der Waals surface area contributed by atoms with Crippen molar-refractivity contribution in [2.75, 3.05) is 19.6 Å². The normalized spacial score (nSPS) is 17.2. The van der Waals surface area contributed by atoms with Crippen molar-refractivity contribution in [1.82, 2.24) is 20.0 Å². The standard InChI is InChI=1S/C16H17ClN4O2.ClH/c1-20-15(22)6-5-13(19-20)16(23)21-8-7-18-10-14(21)11-3-2-4-12(17)9-11;/h2-6,9,14,18H,7-8,10H2,1H3;1H. The van der Waals surface area contributed by atoms with Crippen LogP contribution in [0.2, 0.25) is 5.02 Å². The number of halogens is 2. The molecular weight excluding hydrogens is 351 g/mol. The van der Waals surface area contributed by atoms with Gasteiger partial charge in [0.25, 0.3) is 11.5 Å². The van der Waals surface area contributed by atoms with Crippen molar-refractivity contribution in [2.24, 2.45) is 7.05 Å². The fraction of sp³-hybridized carbons (Fsp3) is 0.312. The molecule has 0 bridgehead atoms. The minimum Gasteiger partial charge on any atom is -0.328 e. The number of aromatic nitrogens is 2. The van der Waals surface area contributed by atoms with Gasteiger partial charge in [0.2, 0.25) is 0 Å². The summed E-state index contributed by atoms with van der Waals surface area (Å²) in [4.78, 5) is 26.0. The van der Waals surface area contributed by atoms with E-state index in [0.29, 0.717) is 24.7 Å². The molecule has 1 N–H and O–H groups in total. The molecular formula is C16H18Cl2N4O2. The first-order chi connectivity index (χ1) is 11.1. The summed E-state index contributed by atoms with van der Waals surface area (Å²) in [5.74, 6) is -0.188. The van der Waals surface area contributed by atoms with Crippen LogP contribution in [0.25, 0.3) is 0 Å². The van der Waals surface area contributed by atoms with E-state index in [2.05, 4.69) is 10.4 Å². The van der Waals surface area contributed by atoms with E-state index in [4.69, 9.17) is 11.6 Å². The molecule has 1 aliphatic rings. The van der Waals surface area contributed by atoms with Crippen molar-refractivity contribution >= 4 is 29.9 Å². The van der Waals surface area contributed by atoms with Crippen LogP contribution >= 0.6 is 24.0 Å². The molecule has 1 fully saturated rings. The molecule has 6 nitrogen and oxygen atoms in total. The Hall–Kier alpha value is -1.89. The van der Waals surface area contributed by atoms with E-state index in [1.54, 1.807) is 4.90 Å². The minimum atomic E-state index is -0.242. The van der Waals surface area contributed by atoms with E-state index in [1.807, 2.05) is 24.3 Å². The van der Waals surface area contributed by atoms with Gasteiger partial charge in [-0.25, -0.2) is 4.68 Å². The van der Waals surface area contributed by atoms with Crippen LogP contribution in [0.3, 0.4) is 0 Å². The van der Waals surface area contributed by atoms with E-state index >= 15 is 0 Å². The van der Waals surface area contributed by atoms with E-state index in [1.165, 1.54) is 23.9 Å². The van der Waals surface area contributed by atoms with Gasteiger partial charge >= 0.3 is 0 Å². The molecule has 24 heavy (non-hydrogen) atoms. The van der Waals surface area contributed by atoms with Crippen LogP contribution in [0.1, 0.15) is 22.1 Å². The maximum atomic E-state index is 12.8. The van der Waals surface area contributed by atoms with Crippen molar-refractivity contribution in [3.63, 3.8) is 0 Å². The number of piperazine rings is 1. The molecule has 0 aliphatic carbocycles. The lowest BCUT2D eigenvalue weighted by Crippen LogP contribution is -2.49. The van der Waals surface area contributed by atoms with Gasteiger partial charge in [-0.3, -0.25) is 9.59 Å². The number of hydrogen-bond acceptors (Lipinski definition) is 4. The van der Waals surface area contributed by atoms with Gasteiger partial charge in [0.1, 0.15) is 5.69 Å². The quantitative estimate of drug-likeness (QED) is 0.874. The van der Waals surface area contributed by atoms with Crippen molar-refractivity contribution in [3.05, 3.63) is 63.0 Å². The molecule has 0 radical (unpaired) electrons. The molecule has 1 unspecified atom stereocenters. The summed E-state index contributed by atoms with van der Waals surface area (Å²) in [6.45, 7) is 1.94. The first-order valence-electron chi connectivity index (χ1n) is 7.38. The summed E-state index contributed by atoms with van der Waals surface area (Å²) < 4.78 is 1.17. The number of nitrogens with zero attached hydrogens (tertiary/aromatic N) is 3. The van der Waals surface area contributed by atoms with E-state index in [0.717, 1.165) is 5.56 Å². The Morgan fingerprint density at radius 3 is 2.83 bits per heavy atom. The summed E-state index contributed by atoms with van der Waals surface area (Å²) in [5.41, 5.74) is 0.997. The average Bonchev–Trinajstić information content (AvgIpc) is 2.57. The van der Waals surface area contributed by atoms with Gasteiger partial charge in [-0.05, 0) is 23.8 Å². The highest BCUT2D eigenvalue weighted by atomic mass is 35.5. The van der Waals surface area contributed by atoms with Crippen molar-refractivity contribution in [1.29, 1.82) is 0 Å². The summed E-state index contributed by atoms with van der Waals surface area (Å²) >= 11 is 6.07. The molecule has 1 saturated heterocycles. The molecule has 2 heterocycles. The van der Waals surface area contributed by atoms with Crippen LogP contribution in [0, 0.1) is 0 Å². The van der Waals surface area contributed by atoms with Gasteiger partial charge in [0.15, 0.2) is 0 Å². The number of carbonyl (C=O) groups is 1. The number of rotatable bonds is 2. The highest BCUT2D eigenvalue weighted by Crippen LogP contribution is 2.25. The lowest BCUT2D eigenvalue weighted by atomic mass is 10.0. The fourth-order valence-electron chi connectivity index (χ4n) is 2.72. The summed E-state index contributed by atoms with van der Waals surface area (Å²) in [6.07, 6.45) is 0. The monoisotopic (exact) mass is 368 g/mol. The van der Waals surface area contributed by atoms with Crippen molar-refractivity contribution in [3.8, 4) is 0 Å². The second-order valence-corrected chi connectivity index (χ2v) is 5.89. The van der Waals surface area contributed by atoms with Crippen LogP contribution in [-0.2, 0) is 7.05 Å². The number of hydrogen-bond donors (Lipinski definition) is 1. The molecule has 0 spiro atoms. The van der Waals surface area contributed by atoms with Crippen molar-refractivity contribution in [2.45, 2.75) is 6.04 Å². The molecule has 2 aromatic rings. The lowest BCUT2D eigenvalue weighted by molar-refractivity contribution is 0.0625. The number of nitrogens with one attached hydrogen (secondary N) is 1. The lowest BCUT2D eigenvalue weighted by Gasteiger charge is -2.36. The Balaban J connectivity index is 0.00000208. The second kappa shape index (κ2) is 7.79. The Labute approximate surface area is 150 Å². The predicted octanol–water partition coefficient (Wildman–Crippen LogP) is 1.64. The minimum absolute atomic E-state index is 0. The molecule has 1 amide bonds. The fourth-order valence-corrected chi connectivity index (χ4v) is 2.92. The summed E-state index contributed by atoms with van der Waals surface area (Å²) in [5, 5.41) is 8.00. The van der Waals surface area contributed by atoms with Crippen LogP contribution in [-0.4, -0.2) is 40.2 Å². The average molecular weight is 369 g/mol. The third-order valence-electron chi connectivity index (χ3n) is 3.92. The molecule has 8 heteroatoms. The summed E-state index contributed by atoms with van der Waals surface area (Å²) in [7, 11) is 1.53. The molecule has 3 rings (SSSR count). The Kier molecular flexibility index (Phi) is 5.99. The topological polar surface area (TPSA) is 67.2 Å². The Morgan fingerprint density at radius 2 is 2.12 bits per heavy atom. The third kappa shape index (κ3) is 3.77.